The first-order valence-corrected chi connectivity index (χ1v) is 15.1. The van der Waals surface area contributed by atoms with Crippen molar-refractivity contribution in [3.8, 4) is 0 Å². The predicted molar refractivity (Wildman–Crippen MR) is 154 cm³/mol. The molecule has 3 saturated heterocycles. The topological polar surface area (TPSA) is 166 Å². The quantitative estimate of drug-likeness (QED) is 0.0974. The number of rotatable bonds is 9. The number of benzene rings is 1. The largest absolute Gasteiger partial charge is 0.456 e. The standard InChI is InChI=1S/C28H38N6O6S/c1-16-23-22(17(2)35)26(36)33(23)24(27(37)40-15-19-3-5-20(6-4-19)34(38)39)25(16)41-21-9-10-31(14-21)13-18-7-11-32(12-8-18)28(29)30/h3-6,16-18,21-23,35H,7-15H2,1-2H3,(H3,29,30)/t16-,17-,21-,22-,23-/m1/s1. The molecule has 222 valence electrons. The number of β-lactam (4-membered cyclic amide) rings is 1. The Hall–Kier alpha value is -3.16. The minimum atomic E-state index is -0.815. The molecule has 1 amide bonds. The van der Waals surface area contributed by atoms with Crippen LogP contribution in [0, 0.1) is 33.3 Å². The summed E-state index contributed by atoms with van der Waals surface area (Å²) in [5.74, 6) is -0.812. The Morgan fingerprint density at radius 1 is 1.24 bits per heavy atom. The Bertz CT molecular complexity index is 1230. The molecule has 1 aromatic rings. The molecule has 4 aliphatic rings. The van der Waals surface area contributed by atoms with Crippen LogP contribution in [0.15, 0.2) is 34.9 Å². The van der Waals surface area contributed by atoms with Crippen LogP contribution in [0.5, 0.6) is 0 Å². The van der Waals surface area contributed by atoms with Crippen molar-refractivity contribution in [2.24, 2.45) is 23.5 Å². The molecule has 0 saturated carbocycles. The highest BCUT2D eigenvalue weighted by Crippen LogP contribution is 2.52. The number of esters is 1. The second kappa shape index (κ2) is 12.0. The molecule has 1 aromatic carbocycles. The number of likely N-dealkylation sites (tertiary alicyclic amines) is 2. The number of nitrogens with one attached hydrogen (secondary N) is 1. The van der Waals surface area contributed by atoms with Crippen LogP contribution in [-0.2, 0) is 20.9 Å². The number of piperidine rings is 1. The highest BCUT2D eigenvalue weighted by Gasteiger charge is 2.60. The van der Waals surface area contributed by atoms with Gasteiger partial charge in [0.25, 0.3) is 5.69 Å². The van der Waals surface area contributed by atoms with Gasteiger partial charge < -0.3 is 30.3 Å². The van der Waals surface area contributed by atoms with Crippen LogP contribution in [0.2, 0.25) is 0 Å². The maximum absolute atomic E-state index is 13.4. The SMILES string of the molecule is C[C@@H](O)[C@H]1C(=O)N2C(C(=O)OCc3ccc([N+](=O)[O-])cc3)=C(S[C@@H]3CCN(CC4CCN(C(=N)N)CC4)C3)[C@H](C)[C@H]12. The van der Waals surface area contributed by atoms with E-state index < -0.39 is 22.9 Å². The summed E-state index contributed by atoms with van der Waals surface area (Å²) >= 11 is 1.65. The summed E-state index contributed by atoms with van der Waals surface area (Å²) in [4.78, 5) is 43.7. The summed E-state index contributed by atoms with van der Waals surface area (Å²) in [6.07, 6.45) is 2.18. The van der Waals surface area contributed by atoms with Crippen molar-refractivity contribution in [1.29, 1.82) is 5.41 Å². The molecule has 4 N–H and O–H groups in total. The van der Waals surface area contributed by atoms with Crippen molar-refractivity contribution in [1.82, 2.24) is 14.7 Å². The lowest BCUT2D eigenvalue weighted by Gasteiger charge is -2.46. The average molecular weight is 587 g/mol. The first-order chi connectivity index (χ1) is 19.5. The van der Waals surface area contributed by atoms with E-state index in [2.05, 4.69) is 4.90 Å². The fraction of sp³-hybridized carbons (Fsp3) is 0.607. The number of carbonyl (C=O) groups excluding carboxylic acids is 2. The van der Waals surface area contributed by atoms with E-state index in [0.717, 1.165) is 56.9 Å². The van der Waals surface area contributed by atoms with Crippen LogP contribution >= 0.6 is 11.8 Å². The van der Waals surface area contributed by atoms with Crippen LogP contribution < -0.4 is 5.73 Å². The second-order valence-electron chi connectivity index (χ2n) is 11.6. The number of nitro benzene ring substituents is 1. The maximum atomic E-state index is 13.4. The maximum Gasteiger partial charge on any atom is 0.356 e. The lowest BCUT2D eigenvalue weighted by Crippen LogP contribution is -2.63. The van der Waals surface area contributed by atoms with Crippen LogP contribution in [0.25, 0.3) is 0 Å². The van der Waals surface area contributed by atoms with Gasteiger partial charge in [-0.15, -0.1) is 11.8 Å². The van der Waals surface area contributed by atoms with Gasteiger partial charge in [-0.1, -0.05) is 6.92 Å². The van der Waals surface area contributed by atoms with Crippen molar-refractivity contribution in [2.75, 3.05) is 32.7 Å². The number of nitrogens with two attached hydrogens (primary N) is 1. The summed E-state index contributed by atoms with van der Waals surface area (Å²) in [6.45, 7) is 8.03. The molecule has 0 spiro atoms. The number of aliphatic hydroxyl groups is 1. The van der Waals surface area contributed by atoms with Gasteiger partial charge in [-0.2, -0.15) is 0 Å². The van der Waals surface area contributed by atoms with Crippen molar-refractivity contribution in [2.45, 2.75) is 57.1 Å². The number of amides is 1. The van der Waals surface area contributed by atoms with E-state index in [9.17, 15) is 24.8 Å². The molecule has 0 aromatic heterocycles. The molecule has 12 nitrogen and oxygen atoms in total. The van der Waals surface area contributed by atoms with E-state index >= 15 is 0 Å². The van der Waals surface area contributed by atoms with Gasteiger partial charge in [-0.3, -0.25) is 20.3 Å². The average Bonchev–Trinajstić information content (AvgIpc) is 3.47. The number of aliphatic hydroxyl groups excluding tert-OH is 1. The van der Waals surface area contributed by atoms with Gasteiger partial charge in [0.15, 0.2) is 5.96 Å². The summed E-state index contributed by atoms with van der Waals surface area (Å²) < 4.78 is 5.62. The molecule has 4 aliphatic heterocycles. The van der Waals surface area contributed by atoms with Crippen molar-refractivity contribution >= 4 is 35.3 Å². The van der Waals surface area contributed by atoms with Crippen molar-refractivity contribution < 1.29 is 24.4 Å². The summed E-state index contributed by atoms with van der Waals surface area (Å²) in [6, 6.07) is 5.54. The Balaban J connectivity index is 1.25. The Kier molecular flexibility index (Phi) is 8.57. The number of thioether (sulfide) groups is 1. The van der Waals surface area contributed by atoms with Crippen LogP contribution in [0.4, 0.5) is 5.69 Å². The van der Waals surface area contributed by atoms with Crippen LogP contribution in [-0.4, -0.2) is 92.7 Å². The van der Waals surface area contributed by atoms with Crippen LogP contribution in [0.1, 0.15) is 38.7 Å². The third kappa shape index (κ3) is 5.93. The minimum absolute atomic E-state index is 0.0450. The number of ether oxygens (including phenoxy) is 1. The highest BCUT2D eigenvalue weighted by molar-refractivity contribution is 8.03. The smallest absolute Gasteiger partial charge is 0.356 e. The molecule has 3 fully saturated rings. The molecule has 5 rings (SSSR count). The van der Waals surface area contributed by atoms with E-state index in [4.69, 9.17) is 15.9 Å². The lowest BCUT2D eigenvalue weighted by atomic mass is 9.79. The van der Waals surface area contributed by atoms with E-state index in [1.807, 2.05) is 11.8 Å². The lowest BCUT2D eigenvalue weighted by molar-refractivity contribution is -0.384. The minimum Gasteiger partial charge on any atom is -0.456 e. The Labute approximate surface area is 243 Å². The zero-order valence-electron chi connectivity index (χ0n) is 23.4. The second-order valence-corrected chi connectivity index (χ2v) is 12.9. The molecule has 0 bridgehead atoms. The van der Waals surface area contributed by atoms with Gasteiger partial charge in [0, 0.05) is 54.4 Å². The summed E-state index contributed by atoms with van der Waals surface area (Å²) in [5.41, 5.74) is 6.47. The molecule has 0 unspecified atom stereocenters. The van der Waals surface area contributed by atoms with Crippen molar-refractivity contribution in [3.05, 3.63) is 50.5 Å². The zero-order chi connectivity index (χ0) is 29.4. The van der Waals surface area contributed by atoms with Crippen LogP contribution in [0.3, 0.4) is 0 Å². The molecule has 5 atom stereocenters. The number of nitrogens with zero attached hydrogens (tertiary/aromatic N) is 4. The zero-order valence-corrected chi connectivity index (χ0v) is 24.2. The molecule has 0 aliphatic carbocycles. The van der Waals surface area contributed by atoms with Gasteiger partial charge in [-0.05, 0) is 56.3 Å². The third-order valence-electron chi connectivity index (χ3n) is 8.81. The molecular formula is C28H38N6O6S. The predicted octanol–water partition coefficient (Wildman–Crippen LogP) is 2.12. The molecule has 0 radical (unpaired) electrons. The number of hydrogen-bond acceptors (Lipinski definition) is 9. The van der Waals surface area contributed by atoms with Gasteiger partial charge in [0.2, 0.25) is 5.91 Å². The van der Waals surface area contributed by atoms with E-state index in [-0.39, 0.29) is 47.1 Å². The number of fused-ring (bicyclic) bond motifs is 1. The summed E-state index contributed by atoms with van der Waals surface area (Å²) in [5, 5.41) is 29.1. The van der Waals surface area contributed by atoms with E-state index in [0.29, 0.717) is 11.5 Å². The number of guanidine groups is 1. The van der Waals surface area contributed by atoms with Gasteiger partial charge in [0.05, 0.1) is 23.0 Å². The van der Waals surface area contributed by atoms with E-state index in [1.165, 1.54) is 17.0 Å². The molecule has 41 heavy (non-hydrogen) atoms. The molecular weight excluding hydrogens is 548 g/mol. The van der Waals surface area contributed by atoms with Gasteiger partial charge in [0.1, 0.15) is 12.3 Å². The van der Waals surface area contributed by atoms with Gasteiger partial charge >= 0.3 is 5.97 Å². The number of hydrogen-bond donors (Lipinski definition) is 3. The third-order valence-corrected chi connectivity index (χ3v) is 10.4. The summed E-state index contributed by atoms with van der Waals surface area (Å²) in [7, 11) is 0. The number of carbonyl (C=O) groups is 2. The van der Waals surface area contributed by atoms with E-state index in [1.54, 1.807) is 30.8 Å². The number of non-ortho nitro benzene ring substituents is 1. The Morgan fingerprint density at radius 3 is 2.54 bits per heavy atom. The number of nitro groups is 1. The first kappa shape index (κ1) is 29.3. The first-order valence-electron chi connectivity index (χ1n) is 14.2. The molecule has 13 heteroatoms. The van der Waals surface area contributed by atoms with Crippen molar-refractivity contribution in [3.63, 3.8) is 0 Å². The monoisotopic (exact) mass is 586 g/mol. The van der Waals surface area contributed by atoms with Gasteiger partial charge in [-0.25, -0.2) is 4.79 Å². The fourth-order valence-electron chi connectivity index (χ4n) is 6.56. The highest BCUT2D eigenvalue weighted by atomic mass is 32.2. The Morgan fingerprint density at radius 2 is 1.93 bits per heavy atom. The fourth-order valence-corrected chi connectivity index (χ4v) is 8.08. The molecule has 4 heterocycles. The normalized spacial score (nSPS) is 27.5.